The predicted molar refractivity (Wildman–Crippen MR) is 72.8 cm³/mol. The molecule has 2 rings (SSSR count). The van der Waals surface area contributed by atoms with Crippen molar-refractivity contribution in [1.82, 2.24) is 0 Å². The molecule has 2 N–H and O–H groups in total. The molecular weight excluding hydrogens is 261 g/mol. The van der Waals surface area contributed by atoms with Gasteiger partial charge in [-0.25, -0.2) is 4.39 Å². The lowest BCUT2D eigenvalue weighted by molar-refractivity contribution is -0.146. The van der Waals surface area contributed by atoms with Crippen molar-refractivity contribution in [2.75, 3.05) is 5.32 Å². The lowest BCUT2D eigenvalue weighted by atomic mass is 9.82. The van der Waals surface area contributed by atoms with Crippen LogP contribution < -0.4 is 5.32 Å². The Morgan fingerprint density at radius 3 is 2.50 bits per heavy atom. The number of aryl methyl sites for hydroxylation is 1. The number of aliphatic carboxylic acids is 1. The second-order valence-corrected chi connectivity index (χ2v) is 4.94. The number of carbonyl (C=O) groups is 2. The molecule has 1 aliphatic carbocycles. The van der Waals surface area contributed by atoms with Crippen molar-refractivity contribution in [3.63, 3.8) is 0 Å². The van der Waals surface area contributed by atoms with E-state index in [0.717, 1.165) is 0 Å². The van der Waals surface area contributed by atoms with Crippen LogP contribution in [0.25, 0.3) is 0 Å². The number of benzene rings is 1. The van der Waals surface area contributed by atoms with E-state index in [4.69, 9.17) is 5.11 Å². The van der Waals surface area contributed by atoms with Gasteiger partial charge in [-0.05, 0) is 43.5 Å². The van der Waals surface area contributed by atoms with Gasteiger partial charge in [0.2, 0.25) is 5.91 Å². The molecule has 5 heteroatoms. The van der Waals surface area contributed by atoms with Crippen molar-refractivity contribution in [1.29, 1.82) is 0 Å². The van der Waals surface area contributed by atoms with Crippen LogP contribution in [0.15, 0.2) is 30.4 Å². The average molecular weight is 277 g/mol. The fourth-order valence-corrected chi connectivity index (χ4v) is 2.37. The number of amides is 1. The summed E-state index contributed by atoms with van der Waals surface area (Å²) in [6.07, 6.45) is 4.37. The maximum atomic E-state index is 13.0. The number of carboxylic acids is 1. The van der Waals surface area contributed by atoms with Gasteiger partial charge in [0, 0.05) is 5.69 Å². The second kappa shape index (κ2) is 5.86. The Bertz CT molecular complexity index is 568. The molecule has 1 amide bonds. The molecule has 20 heavy (non-hydrogen) atoms. The van der Waals surface area contributed by atoms with E-state index < -0.39 is 17.8 Å². The van der Waals surface area contributed by atoms with Gasteiger partial charge in [-0.15, -0.1) is 0 Å². The summed E-state index contributed by atoms with van der Waals surface area (Å²) in [5.74, 6) is -2.98. The number of rotatable bonds is 3. The van der Waals surface area contributed by atoms with Crippen LogP contribution in [0.2, 0.25) is 0 Å². The van der Waals surface area contributed by atoms with Crippen molar-refractivity contribution in [2.45, 2.75) is 19.8 Å². The maximum absolute atomic E-state index is 13.0. The predicted octanol–water partition coefficient (Wildman–Crippen LogP) is 2.74. The first-order valence-corrected chi connectivity index (χ1v) is 6.44. The number of hydrogen-bond acceptors (Lipinski definition) is 2. The van der Waals surface area contributed by atoms with E-state index in [2.05, 4.69) is 5.32 Å². The Labute approximate surface area is 116 Å². The van der Waals surface area contributed by atoms with Gasteiger partial charge in [-0.2, -0.15) is 0 Å². The van der Waals surface area contributed by atoms with Crippen molar-refractivity contribution in [3.8, 4) is 0 Å². The molecule has 1 aromatic carbocycles. The molecule has 0 unspecified atom stereocenters. The number of anilines is 1. The molecule has 0 aliphatic heterocycles. The summed E-state index contributed by atoms with van der Waals surface area (Å²) < 4.78 is 13.0. The second-order valence-electron chi connectivity index (χ2n) is 4.94. The summed E-state index contributed by atoms with van der Waals surface area (Å²) in [6.45, 7) is 1.69. The molecule has 0 aromatic heterocycles. The Balaban J connectivity index is 2.14. The van der Waals surface area contributed by atoms with Gasteiger partial charge in [0.1, 0.15) is 5.82 Å². The fourth-order valence-electron chi connectivity index (χ4n) is 2.37. The smallest absolute Gasteiger partial charge is 0.307 e. The monoisotopic (exact) mass is 277 g/mol. The largest absolute Gasteiger partial charge is 0.481 e. The number of nitrogens with one attached hydrogen (secondary N) is 1. The third-order valence-corrected chi connectivity index (χ3v) is 3.53. The van der Waals surface area contributed by atoms with Crippen molar-refractivity contribution >= 4 is 17.6 Å². The highest BCUT2D eigenvalue weighted by Gasteiger charge is 2.34. The molecule has 4 nitrogen and oxygen atoms in total. The SMILES string of the molecule is Cc1cc(F)ccc1NC(=O)[C@@H]1CC=CC[C@H]1C(=O)O. The molecule has 1 aromatic rings. The van der Waals surface area contributed by atoms with Gasteiger partial charge < -0.3 is 10.4 Å². The molecule has 2 atom stereocenters. The Morgan fingerprint density at radius 2 is 1.90 bits per heavy atom. The van der Waals surface area contributed by atoms with E-state index in [1.54, 1.807) is 13.0 Å². The van der Waals surface area contributed by atoms with Gasteiger partial charge in [0.05, 0.1) is 11.8 Å². The summed E-state index contributed by atoms with van der Waals surface area (Å²) in [5.41, 5.74) is 1.12. The summed E-state index contributed by atoms with van der Waals surface area (Å²) in [4.78, 5) is 23.4. The zero-order valence-electron chi connectivity index (χ0n) is 11.1. The van der Waals surface area contributed by atoms with Crippen LogP contribution in [0.4, 0.5) is 10.1 Å². The summed E-state index contributed by atoms with van der Waals surface area (Å²) in [5, 5.41) is 11.8. The minimum atomic E-state index is -0.967. The van der Waals surface area contributed by atoms with Crippen LogP contribution in [0.1, 0.15) is 18.4 Å². The van der Waals surface area contributed by atoms with Crippen LogP contribution in [0.5, 0.6) is 0 Å². The standard InChI is InChI=1S/C15H16FNO3/c1-9-8-10(16)6-7-13(9)17-14(18)11-4-2-3-5-12(11)15(19)20/h2-3,6-8,11-12H,4-5H2,1H3,(H,17,18)(H,19,20)/t11-,12-/m1/s1. The molecule has 0 saturated heterocycles. The van der Waals surface area contributed by atoms with Crippen LogP contribution in [0.3, 0.4) is 0 Å². The maximum Gasteiger partial charge on any atom is 0.307 e. The lowest BCUT2D eigenvalue weighted by Crippen LogP contribution is -2.34. The molecule has 0 bridgehead atoms. The minimum Gasteiger partial charge on any atom is -0.481 e. The molecule has 0 heterocycles. The number of halogens is 1. The topological polar surface area (TPSA) is 66.4 Å². The van der Waals surface area contributed by atoms with Crippen LogP contribution in [0, 0.1) is 24.6 Å². The highest BCUT2D eigenvalue weighted by atomic mass is 19.1. The normalized spacial score (nSPS) is 21.5. The first-order chi connectivity index (χ1) is 9.49. The van der Waals surface area contributed by atoms with Crippen molar-refractivity contribution in [3.05, 3.63) is 41.7 Å². The van der Waals surface area contributed by atoms with E-state index in [1.165, 1.54) is 18.2 Å². The summed E-state index contributed by atoms with van der Waals surface area (Å²) in [7, 11) is 0. The highest BCUT2D eigenvalue weighted by Crippen LogP contribution is 2.27. The first kappa shape index (κ1) is 14.2. The molecule has 106 valence electrons. The van der Waals surface area contributed by atoms with Gasteiger partial charge in [-0.1, -0.05) is 12.2 Å². The zero-order chi connectivity index (χ0) is 14.7. The number of allylic oxidation sites excluding steroid dienone is 2. The number of carboxylic acid groups (broad SMARTS) is 1. The van der Waals surface area contributed by atoms with E-state index in [9.17, 15) is 14.0 Å². The number of hydrogen-bond donors (Lipinski definition) is 2. The Kier molecular flexibility index (Phi) is 4.17. The third kappa shape index (κ3) is 3.04. The Hall–Kier alpha value is -2.17. The molecule has 1 aliphatic rings. The van der Waals surface area contributed by atoms with E-state index in [1.807, 2.05) is 6.08 Å². The van der Waals surface area contributed by atoms with Crippen molar-refractivity contribution in [2.24, 2.45) is 11.8 Å². The van der Waals surface area contributed by atoms with Crippen LogP contribution in [-0.2, 0) is 9.59 Å². The lowest BCUT2D eigenvalue weighted by Gasteiger charge is -2.24. The van der Waals surface area contributed by atoms with Crippen LogP contribution >= 0.6 is 0 Å². The van der Waals surface area contributed by atoms with Crippen molar-refractivity contribution < 1.29 is 19.1 Å². The first-order valence-electron chi connectivity index (χ1n) is 6.44. The molecule has 0 radical (unpaired) electrons. The average Bonchev–Trinajstić information content (AvgIpc) is 2.41. The van der Waals surface area contributed by atoms with Gasteiger partial charge in [-0.3, -0.25) is 9.59 Å². The number of carbonyl (C=O) groups excluding carboxylic acids is 1. The van der Waals surface area contributed by atoms with Gasteiger partial charge in [0.15, 0.2) is 0 Å². The Morgan fingerprint density at radius 1 is 1.25 bits per heavy atom. The highest BCUT2D eigenvalue weighted by molar-refractivity contribution is 5.96. The van der Waals surface area contributed by atoms with E-state index in [0.29, 0.717) is 24.1 Å². The van der Waals surface area contributed by atoms with E-state index >= 15 is 0 Å². The molecule has 0 spiro atoms. The third-order valence-electron chi connectivity index (χ3n) is 3.53. The molecular formula is C15H16FNO3. The zero-order valence-corrected chi connectivity index (χ0v) is 11.1. The van der Waals surface area contributed by atoms with E-state index in [-0.39, 0.29) is 11.7 Å². The fraction of sp³-hybridized carbons (Fsp3) is 0.333. The van der Waals surface area contributed by atoms with Gasteiger partial charge in [0.25, 0.3) is 0 Å². The summed E-state index contributed by atoms with van der Waals surface area (Å²) >= 11 is 0. The molecule has 0 fully saturated rings. The molecule has 0 saturated carbocycles. The quantitative estimate of drug-likeness (QED) is 0.835. The van der Waals surface area contributed by atoms with Gasteiger partial charge >= 0.3 is 5.97 Å². The summed E-state index contributed by atoms with van der Waals surface area (Å²) in [6, 6.07) is 4.07. The minimum absolute atomic E-state index is 0.337. The van der Waals surface area contributed by atoms with Crippen LogP contribution in [-0.4, -0.2) is 17.0 Å².